The van der Waals surface area contributed by atoms with Gasteiger partial charge in [0, 0.05) is 6.54 Å². The second kappa shape index (κ2) is 6.93. The Morgan fingerprint density at radius 1 is 1.18 bits per heavy atom. The van der Waals surface area contributed by atoms with Crippen LogP contribution in [0.25, 0.3) is 11.3 Å². The number of hydrogen-bond acceptors (Lipinski definition) is 3. The summed E-state index contributed by atoms with van der Waals surface area (Å²) in [5.41, 5.74) is 0.902. The number of benzene rings is 1. The molecule has 1 aromatic carbocycles. The lowest BCUT2D eigenvalue weighted by atomic mass is 10.1. The molecule has 0 radical (unpaired) electrons. The third-order valence-corrected chi connectivity index (χ3v) is 3.53. The van der Waals surface area contributed by atoms with E-state index in [9.17, 15) is 9.59 Å². The van der Waals surface area contributed by atoms with Crippen molar-refractivity contribution < 1.29 is 14.6 Å². The van der Waals surface area contributed by atoms with E-state index >= 15 is 0 Å². The Labute approximate surface area is 128 Å². The van der Waals surface area contributed by atoms with E-state index in [1.165, 1.54) is 10.6 Å². The smallest absolute Gasteiger partial charge is 0.341 e. The van der Waals surface area contributed by atoms with Gasteiger partial charge in [0.25, 0.3) is 5.56 Å². The molecule has 1 N–H and O–H groups in total. The van der Waals surface area contributed by atoms with Crippen LogP contribution in [0.4, 0.5) is 0 Å². The van der Waals surface area contributed by atoms with Crippen molar-refractivity contribution in [3.8, 4) is 17.0 Å². The minimum Gasteiger partial charge on any atom is -0.497 e. The molecule has 0 bridgehead atoms. The Morgan fingerprint density at radius 3 is 2.41 bits per heavy atom. The van der Waals surface area contributed by atoms with Gasteiger partial charge in [0.05, 0.1) is 12.8 Å². The van der Waals surface area contributed by atoms with Crippen molar-refractivity contribution in [3.63, 3.8) is 0 Å². The van der Waals surface area contributed by atoms with E-state index < -0.39 is 11.5 Å². The van der Waals surface area contributed by atoms with Gasteiger partial charge in [0.2, 0.25) is 0 Å². The van der Waals surface area contributed by atoms with Crippen molar-refractivity contribution in [3.05, 3.63) is 52.3 Å². The first-order valence-electron chi connectivity index (χ1n) is 7.20. The molecule has 0 saturated carbocycles. The molecular weight excluding hydrogens is 282 g/mol. The van der Waals surface area contributed by atoms with Crippen LogP contribution in [0.1, 0.15) is 30.1 Å². The zero-order valence-electron chi connectivity index (χ0n) is 12.7. The lowest BCUT2D eigenvalue weighted by Crippen LogP contribution is -2.27. The fourth-order valence-corrected chi connectivity index (χ4v) is 2.29. The maximum Gasteiger partial charge on any atom is 0.341 e. The summed E-state index contributed by atoms with van der Waals surface area (Å²) in [6.45, 7) is 2.52. The fourth-order valence-electron chi connectivity index (χ4n) is 2.29. The van der Waals surface area contributed by atoms with Gasteiger partial charge in [-0.3, -0.25) is 4.79 Å². The van der Waals surface area contributed by atoms with Gasteiger partial charge in [-0.2, -0.15) is 0 Å². The van der Waals surface area contributed by atoms with Gasteiger partial charge >= 0.3 is 5.97 Å². The van der Waals surface area contributed by atoms with E-state index in [2.05, 4.69) is 0 Å². The van der Waals surface area contributed by atoms with Gasteiger partial charge < -0.3 is 14.4 Å². The van der Waals surface area contributed by atoms with Crippen LogP contribution in [0.3, 0.4) is 0 Å². The Morgan fingerprint density at radius 2 is 1.86 bits per heavy atom. The van der Waals surface area contributed by atoms with Crippen LogP contribution in [0.2, 0.25) is 0 Å². The number of aromatic carboxylic acids is 1. The molecular formula is C17H19NO4. The predicted molar refractivity (Wildman–Crippen MR) is 84.6 cm³/mol. The fraction of sp³-hybridized carbons (Fsp3) is 0.294. The molecule has 0 amide bonds. The van der Waals surface area contributed by atoms with Crippen molar-refractivity contribution in [2.75, 3.05) is 7.11 Å². The Bertz CT molecular complexity index is 716. The summed E-state index contributed by atoms with van der Waals surface area (Å²) in [4.78, 5) is 23.5. The first-order valence-corrected chi connectivity index (χ1v) is 7.20. The molecule has 2 aromatic rings. The number of carboxylic acid groups (broad SMARTS) is 1. The normalized spacial score (nSPS) is 10.5. The molecule has 22 heavy (non-hydrogen) atoms. The minimum absolute atomic E-state index is 0.201. The summed E-state index contributed by atoms with van der Waals surface area (Å²) in [6, 6.07) is 10.4. The van der Waals surface area contributed by atoms with Crippen LogP contribution in [0.5, 0.6) is 5.75 Å². The Hall–Kier alpha value is -2.56. The molecule has 0 unspecified atom stereocenters. The molecule has 5 heteroatoms. The molecule has 0 atom stereocenters. The third kappa shape index (κ3) is 3.19. The number of methoxy groups -OCH3 is 1. The molecule has 0 aliphatic heterocycles. The van der Waals surface area contributed by atoms with Gasteiger partial charge in [-0.25, -0.2) is 4.79 Å². The lowest BCUT2D eigenvalue weighted by Gasteiger charge is -2.14. The maximum atomic E-state index is 12.4. The summed E-state index contributed by atoms with van der Waals surface area (Å²) in [5, 5.41) is 9.12. The number of hydrogen-bond donors (Lipinski definition) is 1. The van der Waals surface area contributed by atoms with Crippen LogP contribution in [0.15, 0.2) is 41.2 Å². The molecule has 0 aliphatic rings. The summed E-state index contributed by atoms with van der Waals surface area (Å²) in [5.74, 6) is -0.468. The molecule has 1 heterocycles. The number of unbranched alkanes of at least 4 members (excludes halogenated alkanes) is 1. The molecule has 0 spiro atoms. The summed E-state index contributed by atoms with van der Waals surface area (Å²) in [7, 11) is 1.59. The third-order valence-electron chi connectivity index (χ3n) is 3.53. The Balaban J connectivity index is 2.55. The zero-order valence-corrected chi connectivity index (χ0v) is 12.7. The van der Waals surface area contributed by atoms with Crippen molar-refractivity contribution in [1.82, 2.24) is 4.57 Å². The summed E-state index contributed by atoms with van der Waals surface area (Å²) >= 11 is 0. The van der Waals surface area contributed by atoms with Crippen molar-refractivity contribution in [2.45, 2.75) is 26.3 Å². The monoisotopic (exact) mass is 301 g/mol. The van der Waals surface area contributed by atoms with Gasteiger partial charge in [0.1, 0.15) is 11.3 Å². The lowest BCUT2D eigenvalue weighted by molar-refractivity contribution is 0.0694. The first kappa shape index (κ1) is 15.8. The average molecular weight is 301 g/mol. The first-order chi connectivity index (χ1) is 10.6. The molecule has 116 valence electrons. The number of carboxylic acids is 1. The molecule has 0 aliphatic carbocycles. The average Bonchev–Trinajstić information content (AvgIpc) is 2.53. The predicted octanol–water partition coefficient (Wildman–Crippen LogP) is 3.02. The number of nitrogens with zero attached hydrogens (tertiary/aromatic N) is 1. The minimum atomic E-state index is -1.20. The molecule has 0 saturated heterocycles. The van der Waals surface area contributed by atoms with Crippen molar-refractivity contribution in [2.24, 2.45) is 0 Å². The number of pyridine rings is 1. The Kier molecular flexibility index (Phi) is 4.99. The standard InChI is InChI=1S/C17H19NO4/c1-3-4-11-18-15(10-9-14(16(18)19)17(20)21)12-5-7-13(22-2)8-6-12/h5-10H,3-4,11H2,1-2H3,(H,20,21). The number of ether oxygens (including phenoxy) is 1. The van der Waals surface area contributed by atoms with Crippen LogP contribution in [-0.4, -0.2) is 22.8 Å². The highest BCUT2D eigenvalue weighted by Gasteiger charge is 2.14. The summed E-state index contributed by atoms with van der Waals surface area (Å²) in [6.07, 6.45) is 1.73. The van der Waals surface area contributed by atoms with Crippen LogP contribution in [-0.2, 0) is 6.54 Å². The quantitative estimate of drug-likeness (QED) is 0.890. The topological polar surface area (TPSA) is 68.5 Å². The maximum absolute atomic E-state index is 12.4. The number of rotatable bonds is 6. The second-order valence-corrected chi connectivity index (χ2v) is 4.98. The van der Waals surface area contributed by atoms with Crippen LogP contribution < -0.4 is 10.3 Å². The van der Waals surface area contributed by atoms with E-state index in [1.54, 1.807) is 13.2 Å². The largest absolute Gasteiger partial charge is 0.497 e. The second-order valence-electron chi connectivity index (χ2n) is 4.98. The highest BCUT2D eigenvalue weighted by atomic mass is 16.5. The van der Waals surface area contributed by atoms with E-state index in [4.69, 9.17) is 9.84 Å². The van der Waals surface area contributed by atoms with Gasteiger partial charge in [0.15, 0.2) is 0 Å². The molecule has 5 nitrogen and oxygen atoms in total. The summed E-state index contributed by atoms with van der Waals surface area (Å²) < 4.78 is 6.66. The van der Waals surface area contributed by atoms with Crippen LogP contribution >= 0.6 is 0 Å². The number of carbonyl (C=O) groups is 1. The van der Waals surface area contributed by atoms with Crippen molar-refractivity contribution in [1.29, 1.82) is 0 Å². The number of aromatic nitrogens is 1. The SMILES string of the molecule is CCCCn1c(-c2ccc(OC)cc2)ccc(C(=O)O)c1=O. The van der Waals surface area contributed by atoms with Gasteiger partial charge in [-0.1, -0.05) is 13.3 Å². The van der Waals surface area contributed by atoms with E-state index in [1.807, 2.05) is 31.2 Å². The van der Waals surface area contributed by atoms with Crippen LogP contribution in [0, 0.1) is 0 Å². The molecule has 0 fully saturated rings. The highest BCUT2D eigenvalue weighted by molar-refractivity contribution is 5.87. The molecule has 1 aromatic heterocycles. The van der Waals surface area contributed by atoms with Crippen molar-refractivity contribution >= 4 is 5.97 Å². The van der Waals surface area contributed by atoms with E-state index in [-0.39, 0.29) is 5.56 Å². The molecule has 2 rings (SSSR count). The van der Waals surface area contributed by atoms with E-state index in [0.29, 0.717) is 12.2 Å². The van der Waals surface area contributed by atoms with Gasteiger partial charge in [-0.15, -0.1) is 0 Å². The van der Waals surface area contributed by atoms with E-state index in [0.717, 1.165) is 24.2 Å². The van der Waals surface area contributed by atoms with Gasteiger partial charge in [-0.05, 0) is 48.4 Å². The zero-order chi connectivity index (χ0) is 16.1. The highest BCUT2D eigenvalue weighted by Crippen LogP contribution is 2.22.